The molecule has 0 radical (unpaired) electrons. The summed E-state index contributed by atoms with van der Waals surface area (Å²) in [5.74, 6) is -0.261. The SMILES string of the molecule is O=C(Oc1ccc(S(=O)(=O)c2ccc(O)cc2)cc1)c1c(I)ccc(I)c1I. The number of carbonyl (C=O) groups excluding carboxylic acids is 1. The van der Waals surface area contributed by atoms with Crippen molar-refractivity contribution in [1.82, 2.24) is 0 Å². The van der Waals surface area contributed by atoms with Crippen LogP contribution in [0.25, 0.3) is 0 Å². The fourth-order valence-corrected chi connectivity index (χ4v) is 5.91. The molecule has 0 fully saturated rings. The van der Waals surface area contributed by atoms with Gasteiger partial charge in [0.1, 0.15) is 11.5 Å². The average molecular weight is 732 g/mol. The van der Waals surface area contributed by atoms with Crippen molar-refractivity contribution < 1.29 is 23.1 Å². The molecule has 0 saturated carbocycles. The fourth-order valence-electron chi connectivity index (χ4n) is 2.32. The minimum Gasteiger partial charge on any atom is -0.508 e. The van der Waals surface area contributed by atoms with Gasteiger partial charge in [0.25, 0.3) is 0 Å². The molecule has 0 amide bonds. The molecule has 0 heterocycles. The van der Waals surface area contributed by atoms with Gasteiger partial charge in [-0.2, -0.15) is 0 Å². The number of rotatable bonds is 4. The largest absolute Gasteiger partial charge is 0.508 e. The Balaban J connectivity index is 1.85. The number of aromatic hydroxyl groups is 1. The average Bonchev–Trinajstić information content (AvgIpc) is 2.66. The maximum atomic E-state index is 12.6. The van der Waals surface area contributed by atoms with Crippen LogP contribution < -0.4 is 4.74 Å². The predicted molar refractivity (Wildman–Crippen MR) is 130 cm³/mol. The van der Waals surface area contributed by atoms with Crippen molar-refractivity contribution >= 4 is 83.6 Å². The quantitative estimate of drug-likeness (QED) is 0.172. The summed E-state index contributed by atoms with van der Waals surface area (Å²) in [4.78, 5) is 12.7. The lowest BCUT2D eigenvalue weighted by Crippen LogP contribution is -2.13. The second kappa shape index (κ2) is 8.83. The first-order valence-corrected chi connectivity index (χ1v) is 12.4. The van der Waals surface area contributed by atoms with Crippen LogP contribution >= 0.6 is 67.8 Å². The van der Waals surface area contributed by atoms with Gasteiger partial charge < -0.3 is 9.84 Å². The zero-order valence-corrected chi connectivity index (χ0v) is 21.2. The normalized spacial score (nSPS) is 11.2. The number of phenols is 1. The Bertz CT molecular complexity index is 1140. The van der Waals surface area contributed by atoms with Crippen molar-refractivity contribution in [2.75, 3.05) is 0 Å². The van der Waals surface area contributed by atoms with Crippen molar-refractivity contribution in [2.45, 2.75) is 9.79 Å². The van der Waals surface area contributed by atoms with E-state index in [0.29, 0.717) is 5.56 Å². The van der Waals surface area contributed by atoms with Gasteiger partial charge >= 0.3 is 5.97 Å². The number of ether oxygens (including phenoxy) is 1. The van der Waals surface area contributed by atoms with E-state index in [1.807, 2.05) is 12.1 Å². The summed E-state index contributed by atoms with van der Waals surface area (Å²) in [7, 11) is -3.73. The first kappa shape index (κ1) is 21.8. The van der Waals surface area contributed by atoms with Crippen LogP contribution in [0.1, 0.15) is 10.4 Å². The number of sulfone groups is 1. The second-order valence-corrected chi connectivity index (χ2v) is 10.9. The third-order valence-electron chi connectivity index (χ3n) is 3.74. The molecule has 3 aromatic rings. The van der Waals surface area contributed by atoms with Gasteiger partial charge in [-0.05, 0) is 128 Å². The van der Waals surface area contributed by atoms with Gasteiger partial charge in [0.15, 0.2) is 0 Å². The highest BCUT2D eigenvalue weighted by Gasteiger charge is 2.20. The molecule has 0 atom stereocenters. The first-order chi connectivity index (χ1) is 13.2. The van der Waals surface area contributed by atoms with Crippen LogP contribution in [0, 0.1) is 10.7 Å². The van der Waals surface area contributed by atoms with Gasteiger partial charge in [0, 0.05) is 10.7 Å². The van der Waals surface area contributed by atoms with E-state index in [-0.39, 0.29) is 21.3 Å². The Morgan fingerprint density at radius 3 is 1.86 bits per heavy atom. The lowest BCUT2D eigenvalue weighted by Gasteiger charge is -2.10. The lowest BCUT2D eigenvalue weighted by molar-refractivity contribution is 0.0732. The maximum absolute atomic E-state index is 12.6. The van der Waals surface area contributed by atoms with Crippen molar-refractivity contribution in [2.24, 2.45) is 0 Å². The summed E-state index contributed by atoms with van der Waals surface area (Å²) in [6, 6.07) is 14.7. The van der Waals surface area contributed by atoms with Gasteiger partial charge in [-0.15, -0.1) is 0 Å². The molecule has 144 valence electrons. The van der Waals surface area contributed by atoms with E-state index >= 15 is 0 Å². The maximum Gasteiger partial charge on any atom is 0.345 e. The number of halogens is 3. The van der Waals surface area contributed by atoms with Crippen LogP contribution in [0.3, 0.4) is 0 Å². The molecular weight excluding hydrogens is 721 g/mol. The van der Waals surface area contributed by atoms with Crippen LogP contribution in [0.15, 0.2) is 70.5 Å². The van der Waals surface area contributed by atoms with Crippen molar-refractivity contribution in [3.05, 3.63) is 76.9 Å². The zero-order valence-electron chi connectivity index (χ0n) is 13.9. The number of hydrogen-bond acceptors (Lipinski definition) is 5. The molecule has 0 aromatic heterocycles. The summed E-state index contributed by atoms with van der Waals surface area (Å²) in [5, 5.41) is 9.32. The molecule has 0 aliphatic carbocycles. The van der Waals surface area contributed by atoms with Gasteiger partial charge in [-0.3, -0.25) is 0 Å². The van der Waals surface area contributed by atoms with E-state index in [1.54, 1.807) is 0 Å². The smallest absolute Gasteiger partial charge is 0.345 e. The number of benzene rings is 3. The molecule has 0 spiro atoms. The molecule has 3 aromatic carbocycles. The Labute approximate surface area is 202 Å². The van der Waals surface area contributed by atoms with E-state index in [0.717, 1.165) is 10.7 Å². The predicted octanol–water partition coefficient (Wildman–Crippen LogP) is 5.26. The van der Waals surface area contributed by atoms with Crippen LogP contribution in [-0.2, 0) is 9.84 Å². The molecule has 0 aliphatic rings. The third kappa shape index (κ3) is 4.62. The molecule has 3 rings (SSSR count). The minimum atomic E-state index is -3.73. The Morgan fingerprint density at radius 2 is 1.29 bits per heavy atom. The Hall–Kier alpha value is -0.930. The number of phenolic OH excluding ortho intramolecular Hbond substituents is 1. The van der Waals surface area contributed by atoms with Crippen molar-refractivity contribution in [1.29, 1.82) is 0 Å². The van der Waals surface area contributed by atoms with Crippen LogP contribution in [0.2, 0.25) is 0 Å². The van der Waals surface area contributed by atoms with Crippen LogP contribution in [0.4, 0.5) is 0 Å². The van der Waals surface area contributed by atoms with Crippen molar-refractivity contribution in [3.8, 4) is 11.5 Å². The van der Waals surface area contributed by atoms with E-state index < -0.39 is 15.8 Å². The monoisotopic (exact) mass is 732 g/mol. The molecule has 0 saturated heterocycles. The Kier molecular flexibility index (Phi) is 6.87. The minimum absolute atomic E-state index is 0.0129. The number of esters is 1. The number of carbonyl (C=O) groups is 1. The zero-order chi connectivity index (χ0) is 20.5. The van der Waals surface area contributed by atoms with Gasteiger partial charge in [-0.1, -0.05) is 0 Å². The highest BCUT2D eigenvalue weighted by molar-refractivity contribution is 14.1. The molecule has 0 unspecified atom stereocenters. The highest BCUT2D eigenvalue weighted by atomic mass is 127. The van der Waals surface area contributed by atoms with E-state index in [1.165, 1.54) is 48.5 Å². The number of hydrogen-bond donors (Lipinski definition) is 1. The van der Waals surface area contributed by atoms with E-state index in [9.17, 15) is 18.3 Å². The molecule has 28 heavy (non-hydrogen) atoms. The second-order valence-electron chi connectivity index (χ2n) is 5.58. The summed E-state index contributed by atoms with van der Waals surface area (Å²) in [5.41, 5.74) is 0.480. The third-order valence-corrected chi connectivity index (χ3v) is 9.48. The van der Waals surface area contributed by atoms with E-state index in [4.69, 9.17) is 4.74 Å². The topological polar surface area (TPSA) is 80.7 Å². The standard InChI is InChI=1S/C19H11I3O5S/c20-15-9-10-16(21)18(22)17(15)19(24)27-12-3-7-14(8-4-12)28(25,26)13-5-1-11(23)2-6-13/h1-10,23H. The summed E-state index contributed by atoms with van der Waals surface area (Å²) in [6.07, 6.45) is 0. The van der Waals surface area contributed by atoms with Crippen molar-refractivity contribution in [3.63, 3.8) is 0 Å². The molecule has 1 N–H and O–H groups in total. The molecule has 0 bridgehead atoms. The molecule has 5 nitrogen and oxygen atoms in total. The lowest BCUT2D eigenvalue weighted by atomic mass is 10.2. The van der Waals surface area contributed by atoms with Gasteiger partial charge in [0.05, 0.1) is 15.4 Å². The van der Waals surface area contributed by atoms with Gasteiger partial charge in [0.2, 0.25) is 9.84 Å². The van der Waals surface area contributed by atoms with Crippen LogP contribution in [0.5, 0.6) is 11.5 Å². The Morgan fingerprint density at radius 1 is 0.786 bits per heavy atom. The summed E-state index contributed by atoms with van der Waals surface area (Å²) < 4.78 is 33.2. The molecule has 9 heteroatoms. The van der Waals surface area contributed by atoms with Gasteiger partial charge in [-0.25, -0.2) is 13.2 Å². The van der Waals surface area contributed by atoms with E-state index in [2.05, 4.69) is 67.8 Å². The highest BCUT2D eigenvalue weighted by Crippen LogP contribution is 2.27. The molecule has 0 aliphatic heterocycles. The summed E-state index contributed by atoms with van der Waals surface area (Å²) >= 11 is 6.33. The first-order valence-electron chi connectivity index (χ1n) is 7.70. The molecular formula is C19H11I3O5S. The fraction of sp³-hybridized carbons (Fsp3) is 0. The van der Waals surface area contributed by atoms with Crippen LogP contribution in [-0.4, -0.2) is 19.5 Å². The summed E-state index contributed by atoms with van der Waals surface area (Å²) in [6.45, 7) is 0.